The van der Waals surface area contributed by atoms with E-state index in [4.69, 9.17) is 16.6 Å². The van der Waals surface area contributed by atoms with Crippen LogP contribution in [0.15, 0.2) is 18.2 Å². The molecule has 2 unspecified atom stereocenters. The molecular formula is C9H12F2N2O. The van der Waals surface area contributed by atoms with E-state index < -0.39 is 23.7 Å². The van der Waals surface area contributed by atoms with E-state index in [1.807, 2.05) is 0 Å². The van der Waals surface area contributed by atoms with Crippen LogP contribution in [0.1, 0.15) is 11.6 Å². The molecule has 0 aliphatic rings. The highest BCUT2D eigenvalue weighted by Crippen LogP contribution is 2.16. The van der Waals surface area contributed by atoms with Gasteiger partial charge < -0.3 is 16.6 Å². The van der Waals surface area contributed by atoms with Crippen molar-refractivity contribution in [2.75, 3.05) is 6.61 Å². The molecule has 78 valence electrons. The van der Waals surface area contributed by atoms with E-state index in [9.17, 15) is 8.78 Å². The largest absolute Gasteiger partial charge is 0.395 e. The summed E-state index contributed by atoms with van der Waals surface area (Å²) in [5, 5.41) is 8.72. The maximum atomic E-state index is 12.8. The number of rotatable bonds is 3. The molecule has 0 saturated heterocycles. The quantitative estimate of drug-likeness (QED) is 0.659. The number of halogens is 2. The summed E-state index contributed by atoms with van der Waals surface area (Å²) in [4.78, 5) is 0. The van der Waals surface area contributed by atoms with E-state index in [2.05, 4.69) is 0 Å². The SMILES string of the molecule is NC(CO)C(N)c1ccc(F)c(F)c1. The number of nitrogens with two attached hydrogens (primary N) is 2. The Hall–Kier alpha value is -1.04. The third kappa shape index (κ3) is 2.25. The number of aliphatic hydroxyl groups is 1. The van der Waals surface area contributed by atoms with Gasteiger partial charge in [-0.1, -0.05) is 6.07 Å². The van der Waals surface area contributed by atoms with Crippen molar-refractivity contribution < 1.29 is 13.9 Å². The van der Waals surface area contributed by atoms with Crippen molar-refractivity contribution in [3.8, 4) is 0 Å². The third-order valence-corrected chi connectivity index (χ3v) is 2.00. The molecular weight excluding hydrogens is 190 g/mol. The van der Waals surface area contributed by atoms with Gasteiger partial charge in [0.05, 0.1) is 6.61 Å². The van der Waals surface area contributed by atoms with Gasteiger partial charge in [0, 0.05) is 12.1 Å². The summed E-state index contributed by atoms with van der Waals surface area (Å²) in [7, 11) is 0. The van der Waals surface area contributed by atoms with Crippen LogP contribution in [0, 0.1) is 11.6 Å². The second-order valence-corrected chi connectivity index (χ2v) is 3.05. The Morgan fingerprint density at radius 1 is 1.21 bits per heavy atom. The van der Waals surface area contributed by atoms with E-state index >= 15 is 0 Å². The van der Waals surface area contributed by atoms with Crippen LogP contribution in [0.4, 0.5) is 8.78 Å². The zero-order valence-electron chi connectivity index (χ0n) is 7.45. The Kier molecular flexibility index (Phi) is 3.51. The van der Waals surface area contributed by atoms with E-state index in [0.717, 1.165) is 12.1 Å². The third-order valence-electron chi connectivity index (χ3n) is 2.00. The molecule has 5 N–H and O–H groups in total. The minimum atomic E-state index is -0.969. The monoisotopic (exact) mass is 202 g/mol. The van der Waals surface area contributed by atoms with Crippen molar-refractivity contribution >= 4 is 0 Å². The van der Waals surface area contributed by atoms with E-state index in [1.54, 1.807) is 0 Å². The molecule has 1 aromatic carbocycles. The Morgan fingerprint density at radius 2 is 1.86 bits per heavy atom. The number of benzene rings is 1. The van der Waals surface area contributed by atoms with Crippen molar-refractivity contribution in [1.82, 2.24) is 0 Å². The van der Waals surface area contributed by atoms with Gasteiger partial charge in [-0.15, -0.1) is 0 Å². The minimum absolute atomic E-state index is 0.305. The Morgan fingerprint density at radius 3 is 2.36 bits per heavy atom. The van der Waals surface area contributed by atoms with Gasteiger partial charge in [0.1, 0.15) is 0 Å². The highest BCUT2D eigenvalue weighted by Gasteiger charge is 2.15. The Labute approximate surface area is 80.3 Å². The Balaban J connectivity index is 2.91. The van der Waals surface area contributed by atoms with Gasteiger partial charge in [0.2, 0.25) is 0 Å². The molecule has 0 aliphatic carbocycles. The first-order valence-corrected chi connectivity index (χ1v) is 4.13. The first kappa shape index (κ1) is 11.0. The molecule has 0 spiro atoms. The molecule has 0 fully saturated rings. The Bertz CT molecular complexity index is 320. The average Bonchev–Trinajstić information content (AvgIpc) is 2.20. The second-order valence-electron chi connectivity index (χ2n) is 3.05. The minimum Gasteiger partial charge on any atom is -0.395 e. The highest BCUT2D eigenvalue weighted by atomic mass is 19.2. The molecule has 1 aromatic rings. The first-order valence-electron chi connectivity index (χ1n) is 4.13. The van der Waals surface area contributed by atoms with Crippen LogP contribution in [-0.4, -0.2) is 17.8 Å². The molecule has 0 saturated carbocycles. The van der Waals surface area contributed by atoms with Gasteiger partial charge in [0.25, 0.3) is 0 Å². The van der Waals surface area contributed by atoms with Crippen molar-refractivity contribution in [2.24, 2.45) is 11.5 Å². The maximum absolute atomic E-state index is 12.8. The van der Waals surface area contributed by atoms with Crippen LogP contribution < -0.4 is 11.5 Å². The molecule has 14 heavy (non-hydrogen) atoms. The smallest absolute Gasteiger partial charge is 0.159 e. The molecule has 0 radical (unpaired) electrons. The molecule has 0 amide bonds. The highest BCUT2D eigenvalue weighted by molar-refractivity contribution is 5.22. The fourth-order valence-electron chi connectivity index (χ4n) is 1.08. The van der Waals surface area contributed by atoms with Gasteiger partial charge >= 0.3 is 0 Å². The lowest BCUT2D eigenvalue weighted by molar-refractivity contribution is 0.249. The number of hydrogen-bond donors (Lipinski definition) is 3. The van der Waals surface area contributed by atoms with Gasteiger partial charge in [-0.2, -0.15) is 0 Å². The van der Waals surface area contributed by atoms with Crippen molar-refractivity contribution in [3.63, 3.8) is 0 Å². The van der Waals surface area contributed by atoms with Gasteiger partial charge in [0.15, 0.2) is 11.6 Å². The molecule has 0 heterocycles. The number of aliphatic hydroxyl groups excluding tert-OH is 1. The predicted molar refractivity (Wildman–Crippen MR) is 48.3 cm³/mol. The number of hydrogen-bond acceptors (Lipinski definition) is 3. The maximum Gasteiger partial charge on any atom is 0.159 e. The zero-order chi connectivity index (χ0) is 10.7. The van der Waals surface area contributed by atoms with Crippen molar-refractivity contribution in [2.45, 2.75) is 12.1 Å². The van der Waals surface area contributed by atoms with Crippen LogP contribution in [-0.2, 0) is 0 Å². The fourth-order valence-corrected chi connectivity index (χ4v) is 1.08. The summed E-state index contributed by atoms with van der Waals surface area (Å²) < 4.78 is 25.3. The summed E-state index contributed by atoms with van der Waals surface area (Å²) in [6, 6.07) is 1.93. The fraction of sp³-hybridized carbons (Fsp3) is 0.333. The molecule has 1 rings (SSSR count). The van der Waals surface area contributed by atoms with Gasteiger partial charge in [-0.05, 0) is 17.7 Å². The van der Waals surface area contributed by atoms with E-state index in [1.165, 1.54) is 6.07 Å². The summed E-state index contributed by atoms with van der Waals surface area (Å²) in [6.07, 6.45) is 0. The molecule has 0 bridgehead atoms. The zero-order valence-corrected chi connectivity index (χ0v) is 7.45. The summed E-state index contributed by atoms with van der Waals surface area (Å²) in [5.41, 5.74) is 11.4. The lowest BCUT2D eigenvalue weighted by Gasteiger charge is -2.17. The van der Waals surface area contributed by atoms with Crippen LogP contribution in [0.25, 0.3) is 0 Å². The van der Waals surface area contributed by atoms with Gasteiger partial charge in [-0.25, -0.2) is 8.78 Å². The molecule has 3 nitrogen and oxygen atoms in total. The molecule has 0 aromatic heterocycles. The van der Waals surface area contributed by atoms with E-state index in [0.29, 0.717) is 5.56 Å². The summed E-state index contributed by atoms with van der Waals surface area (Å²) in [6.45, 7) is -0.305. The van der Waals surface area contributed by atoms with Crippen LogP contribution >= 0.6 is 0 Å². The average molecular weight is 202 g/mol. The molecule has 2 atom stereocenters. The first-order chi connectivity index (χ1) is 6.56. The lowest BCUT2D eigenvalue weighted by Crippen LogP contribution is -2.37. The topological polar surface area (TPSA) is 72.3 Å². The van der Waals surface area contributed by atoms with Crippen LogP contribution in [0.5, 0.6) is 0 Å². The lowest BCUT2D eigenvalue weighted by atomic mass is 10.0. The van der Waals surface area contributed by atoms with Crippen molar-refractivity contribution in [1.29, 1.82) is 0 Å². The predicted octanol–water partition coefficient (Wildman–Crippen LogP) is 0.284. The van der Waals surface area contributed by atoms with E-state index in [-0.39, 0.29) is 6.61 Å². The summed E-state index contributed by atoms with van der Waals surface area (Å²) in [5.74, 6) is -1.90. The van der Waals surface area contributed by atoms with Crippen LogP contribution in [0.2, 0.25) is 0 Å². The van der Waals surface area contributed by atoms with Gasteiger partial charge in [-0.3, -0.25) is 0 Å². The summed E-state index contributed by atoms with van der Waals surface area (Å²) >= 11 is 0. The molecule has 5 heteroatoms. The standard InChI is InChI=1S/C9H12F2N2O/c10-6-2-1-5(3-7(6)11)9(13)8(12)4-14/h1-3,8-9,14H,4,12-13H2. The second kappa shape index (κ2) is 4.45. The normalized spacial score (nSPS) is 15.2. The molecule has 0 aliphatic heterocycles. The van der Waals surface area contributed by atoms with Crippen LogP contribution in [0.3, 0.4) is 0 Å². The van der Waals surface area contributed by atoms with Crippen molar-refractivity contribution in [3.05, 3.63) is 35.4 Å².